The predicted molar refractivity (Wildman–Crippen MR) is 60.8 cm³/mol. The quantitative estimate of drug-likeness (QED) is 0.307. The van der Waals surface area contributed by atoms with E-state index in [1.807, 2.05) is 12.1 Å². The van der Waals surface area contributed by atoms with Crippen LogP contribution < -0.4 is 0 Å². The second kappa shape index (κ2) is 5.58. The van der Waals surface area contributed by atoms with Gasteiger partial charge in [0.1, 0.15) is 5.76 Å². The maximum Gasteiger partial charge on any atom is 0.117 e. The Balaban J connectivity index is 1.78. The van der Waals surface area contributed by atoms with Crippen LogP contribution in [0.5, 0.6) is 0 Å². The highest BCUT2D eigenvalue weighted by atomic mass is 16.3. The normalized spacial score (nSPS) is 15.1. The molecule has 86 valence electrons. The van der Waals surface area contributed by atoms with Gasteiger partial charge in [0.2, 0.25) is 0 Å². The molecule has 0 atom stereocenters. The standard InChI is InChI=1S/C11H16N4O/c12-14-13-6-2-7-15(10-4-5-10)9-11-3-1-8-16-11/h1,3,8,10H,2,4-7,9H2. The first-order valence-electron chi connectivity index (χ1n) is 5.67. The van der Waals surface area contributed by atoms with Crippen LogP contribution in [-0.2, 0) is 6.54 Å². The van der Waals surface area contributed by atoms with Crippen molar-refractivity contribution in [3.05, 3.63) is 34.6 Å². The van der Waals surface area contributed by atoms with E-state index < -0.39 is 0 Å². The summed E-state index contributed by atoms with van der Waals surface area (Å²) in [5.41, 5.74) is 8.19. The van der Waals surface area contributed by atoms with Gasteiger partial charge < -0.3 is 4.42 Å². The summed E-state index contributed by atoms with van der Waals surface area (Å²) in [5.74, 6) is 1.01. The fourth-order valence-electron chi connectivity index (χ4n) is 1.82. The van der Waals surface area contributed by atoms with Crippen LogP contribution in [0, 0.1) is 0 Å². The van der Waals surface area contributed by atoms with E-state index in [2.05, 4.69) is 14.9 Å². The third-order valence-corrected chi connectivity index (χ3v) is 2.77. The summed E-state index contributed by atoms with van der Waals surface area (Å²) in [4.78, 5) is 5.17. The van der Waals surface area contributed by atoms with Gasteiger partial charge in [-0.2, -0.15) is 0 Å². The second-order valence-electron chi connectivity index (χ2n) is 4.09. The molecule has 5 heteroatoms. The second-order valence-corrected chi connectivity index (χ2v) is 4.09. The minimum absolute atomic E-state index is 0.581. The molecule has 1 aromatic rings. The molecular weight excluding hydrogens is 204 g/mol. The zero-order valence-electron chi connectivity index (χ0n) is 9.25. The number of nitrogens with zero attached hydrogens (tertiary/aromatic N) is 4. The van der Waals surface area contributed by atoms with Crippen molar-refractivity contribution in [3.63, 3.8) is 0 Å². The molecule has 5 nitrogen and oxygen atoms in total. The van der Waals surface area contributed by atoms with Gasteiger partial charge in [-0.3, -0.25) is 4.90 Å². The number of hydrogen-bond acceptors (Lipinski definition) is 3. The minimum Gasteiger partial charge on any atom is -0.468 e. The third kappa shape index (κ3) is 3.29. The van der Waals surface area contributed by atoms with E-state index in [-0.39, 0.29) is 0 Å². The molecule has 0 unspecified atom stereocenters. The summed E-state index contributed by atoms with van der Waals surface area (Å²) in [6.07, 6.45) is 5.19. The number of rotatable bonds is 7. The molecular formula is C11H16N4O. The lowest BCUT2D eigenvalue weighted by molar-refractivity contribution is 0.232. The Morgan fingerprint density at radius 2 is 2.44 bits per heavy atom. The van der Waals surface area contributed by atoms with Crippen molar-refractivity contribution in [2.24, 2.45) is 5.11 Å². The van der Waals surface area contributed by atoms with E-state index in [0.717, 1.165) is 25.3 Å². The zero-order valence-corrected chi connectivity index (χ0v) is 9.25. The molecule has 1 aliphatic rings. The van der Waals surface area contributed by atoms with Gasteiger partial charge in [0.05, 0.1) is 12.8 Å². The van der Waals surface area contributed by atoms with Crippen molar-refractivity contribution in [1.82, 2.24) is 4.90 Å². The van der Waals surface area contributed by atoms with Crippen molar-refractivity contribution in [2.45, 2.75) is 31.8 Å². The topological polar surface area (TPSA) is 65.1 Å². The summed E-state index contributed by atoms with van der Waals surface area (Å²) in [7, 11) is 0. The van der Waals surface area contributed by atoms with Gasteiger partial charge in [-0.05, 0) is 43.5 Å². The maximum atomic E-state index is 8.19. The van der Waals surface area contributed by atoms with Crippen molar-refractivity contribution in [3.8, 4) is 0 Å². The van der Waals surface area contributed by atoms with Crippen LogP contribution in [0.4, 0.5) is 0 Å². The van der Waals surface area contributed by atoms with E-state index in [9.17, 15) is 0 Å². The van der Waals surface area contributed by atoms with Crippen LogP contribution in [0.3, 0.4) is 0 Å². The van der Waals surface area contributed by atoms with Crippen LogP contribution in [0.1, 0.15) is 25.0 Å². The van der Waals surface area contributed by atoms with Crippen LogP contribution in [0.15, 0.2) is 27.9 Å². The summed E-state index contributed by atoms with van der Waals surface area (Å²) in [6.45, 7) is 2.43. The molecule has 16 heavy (non-hydrogen) atoms. The van der Waals surface area contributed by atoms with E-state index in [4.69, 9.17) is 9.95 Å². The van der Waals surface area contributed by atoms with E-state index in [0.29, 0.717) is 12.6 Å². The number of hydrogen-bond donors (Lipinski definition) is 0. The fourth-order valence-corrected chi connectivity index (χ4v) is 1.82. The van der Waals surface area contributed by atoms with Gasteiger partial charge in [0.15, 0.2) is 0 Å². The van der Waals surface area contributed by atoms with Gasteiger partial charge in [-0.1, -0.05) is 5.11 Å². The molecule has 0 N–H and O–H groups in total. The first-order valence-corrected chi connectivity index (χ1v) is 5.67. The monoisotopic (exact) mass is 220 g/mol. The Bertz CT molecular complexity index is 352. The lowest BCUT2D eigenvalue weighted by atomic mass is 10.3. The lowest BCUT2D eigenvalue weighted by Gasteiger charge is -2.19. The minimum atomic E-state index is 0.581. The Kier molecular flexibility index (Phi) is 3.86. The van der Waals surface area contributed by atoms with Gasteiger partial charge in [-0.15, -0.1) is 0 Å². The fraction of sp³-hybridized carbons (Fsp3) is 0.636. The number of azide groups is 1. The molecule has 1 saturated carbocycles. The molecule has 0 saturated heterocycles. The van der Waals surface area contributed by atoms with Crippen LogP contribution in [0.2, 0.25) is 0 Å². The Labute approximate surface area is 94.7 Å². The Morgan fingerprint density at radius 3 is 3.06 bits per heavy atom. The van der Waals surface area contributed by atoms with E-state index >= 15 is 0 Å². The van der Waals surface area contributed by atoms with Crippen molar-refractivity contribution in [2.75, 3.05) is 13.1 Å². The molecule has 0 aromatic carbocycles. The van der Waals surface area contributed by atoms with Crippen LogP contribution in [-0.4, -0.2) is 24.0 Å². The summed E-state index contributed by atoms with van der Waals surface area (Å²) in [5, 5.41) is 3.55. The van der Waals surface area contributed by atoms with Gasteiger partial charge in [-0.25, -0.2) is 0 Å². The summed E-state index contributed by atoms with van der Waals surface area (Å²) in [6, 6.07) is 4.62. The average molecular weight is 220 g/mol. The highest BCUT2D eigenvalue weighted by Crippen LogP contribution is 2.28. The molecule has 0 aliphatic heterocycles. The van der Waals surface area contributed by atoms with Crippen LogP contribution >= 0.6 is 0 Å². The van der Waals surface area contributed by atoms with Gasteiger partial charge >= 0.3 is 0 Å². The van der Waals surface area contributed by atoms with Gasteiger partial charge in [0, 0.05) is 17.5 Å². The first-order chi connectivity index (χ1) is 7.90. The molecule has 0 radical (unpaired) electrons. The molecule has 1 aliphatic carbocycles. The summed E-state index contributed by atoms with van der Waals surface area (Å²) >= 11 is 0. The van der Waals surface area contributed by atoms with Crippen molar-refractivity contribution < 1.29 is 4.42 Å². The van der Waals surface area contributed by atoms with E-state index in [1.54, 1.807) is 6.26 Å². The number of furan rings is 1. The molecule has 1 heterocycles. The molecule has 1 fully saturated rings. The van der Waals surface area contributed by atoms with Crippen LogP contribution in [0.25, 0.3) is 10.4 Å². The largest absolute Gasteiger partial charge is 0.468 e. The summed E-state index contributed by atoms with van der Waals surface area (Å²) < 4.78 is 5.35. The SMILES string of the molecule is [N-]=[N+]=NCCCN(Cc1ccco1)C1CC1. The van der Waals surface area contributed by atoms with Gasteiger partial charge in [0.25, 0.3) is 0 Å². The predicted octanol–water partition coefficient (Wildman–Crippen LogP) is 2.94. The molecule has 0 spiro atoms. The smallest absolute Gasteiger partial charge is 0.117 e. The van der Waals surface area contributed by atoms with Crippen molar-refractivity contribution >= 4 is 0 Å². The van der Waals surface area contributed by atoms with E-state index in [1.165, 1.54) is 12.8 Å². The third-order valence-electron chi connectivity index (χ3n) is 2.77. The first kappa shape index (κ1) is 11.0. The average Bonchev–Trinajstić information content (AvgIpc) is 3.02. The Morgan fingerprint density at radius 1 is 1.56 bits per heavy atom. The lowest BCUT2D eigenvalue weighted by Crippen LogP contribution is -2.26. The zero-order chi connectivity index (χ0) is 11.2. The van der Waals surface area contributed by atoms with Crippen molar-refractivity contribution in [1.29, 1.82) is 0 Å². The highest BCUT2D eigenvalue weighted by molar-refractivity contribution is 4.99. The molecule has 1 aromatic heterocycles. The Hall–Kier alpha value is -1.45. The highest BCUT2D eigenvalue weighted by Gasteiger charge is 2.28. The molecule has 2 rings (SSSR count). The molecule has 0 bridgehead atoms. The maximum absolute atomic E-state index is 8.19. The molecule has 0 amide bonds.